The Kier molecular flexibility index (Phi) is 6.38. The molecule has 0 aliphatic heterocycles. The lowest BCUT2D eigenvalue weighted by molar-refractivity contribution is 0.252. The average Bonchev–Trinajstić information content (AvgIpc) is 2.40. The Labute approximate surface area is 123 Å². The van der Waals surface area contributed by atoms with Crippen molar-refractivity contribution in [1.29, 1.82) is 0 Å². The molecule has 0 heterocycles. The summed E-state index contributed by atoms with van der Waals surface area (Å²) < 4.78 is 12.1. The summed E-state index contributed by atoms with van der Waals surface area (Å²) in [6.07, 6.45) is 3.44. The molecule has 2 unspecified atom stereocenters. The van der Waals surface area contributed by atoms with Gasteiger partial charge in [0.1, 0.15) is 6.10 Å². The number of hydrogen-bond acceptors (Lipinski definition) is 3. The monoisotopic (exact) mass is 327 g/mol. The van der Waals surface area contributed by atoms with Crippen LogP contribution in [0.15, 0.2) is 29.3 Å². The highest BCUT2D eigenvalue weighted by Gasteiger charge is 2.14. The first-order chi connectivity index (χ1) is 9.01. The number of benzene rings is 1. The van der Waals surface area contributed by atoms with Gasteiger partial charge in [-0.05, 0) is 53.4 Å². The number of hydrogen-bond donors (Lipinski definition) is 1. The Morgan fingerprint density at radius 1 is 1.47 bits per heavy atom. The molecule has 106 valence electrons. The lowest BCUT2D eigenvalue weighted by Crippen LogP contribution is -2.21. The number of halogens is 1. The van der Waals surface area contributed by atoms with Crippen molar-refractivity contribution >= 4 is 15.9 Å². The van der Waals surface area contributed by atoms with Gasteiger partial charge in [-0.2, -0.15) is 0 Å². The smallest absolute Gasteiger partial charge is 0.176 e. The molecule has 1 aromatic rings. The molecule has 0 saturated heterocycles. The number of methoxy groups -OCH3 is 1. The zero-order chi connectivity index (χ0) is 14.4. The molecule has 1 rings (SSSR count). The molecule has 0 fully saturated rings. The zero-order valence-electron chi connectivity index (χ0n) is 11.8. The van der Waals surface area contributed by atoms with E-state index in [4.69, 9.17) is 15.2 Å². The van der Waals surface area contributed by atoms with Crippen LogP contribution in [0.2, 0.25) is 0 Å². The lowest BCUT2D eigenvalue weighted by atomic mass is 10.0. The van der Waals surface area contributed by atoms with Crippen molar-refractivity contribution < 1.29 is 9.47 Å². The van der Waals surface area contributed by atoms with Crippen LogP contribution in [0, 0.1) is 0 Å². The second-order valence-electron chi connectivity index (χ2n) is 4.54. The molecule has 0 bridgehead atoms. The molecule has 0 aliphatic carbocycles. The van der Waals surface area contributed by atoms with Gasteiger partial charge in [-0.15, -0.1) is 0 Å². The van der Waals surface area contributed by atoms with Crippen LogP contribution in [0.5, 0.6) is 11.5 Å². The maximum atomic E-state index is 5.99. The van der Waals surface area contributed by atoms with Gasteiger partial charge in [-0.1, -0.05) is 19.6 Å². The summed E-state index contributed by atoms with van der Waals surface area (Å²) in [6.45, 7) is 7.73. The van der Waals surface area contributed by atoms with Crippen LogP contribution in [-0.4, -0.2) is 19.3 Å². The Balaban J connectivity index is 3.03. The third kappa shape index (κ3) is 4.55. The van der Waals surface area contributed by atoms with Crippen molar-refractivity contribution in [3.05, 3.63) is 34.8 Å². The van der Waals surface area contributed by atoms with Crippen molar-refractivity contribution in [3.63, 3.8) is 0 Å². The van der Waals surface area contributed by atoms with Crippen molar-refractivity contribution in [2.75, 3.05) is 7.11 Å². The molecule has 0 radical (unpaired) electrons. The van der Waals surface area contributed by atoms with Crippen LogP contribution in [0.25, 0.3) is 0 Å². The number of ether oxygens (including phenoxy) is 2. The molecule has 2 atom stereocenters. The van der Waals surface area contributed by atoms with Gasteiger partial charge in [0, 0.05) is 6.04 Å². The van der Waals surface area contributed by atoms with Gasteiger partial charge in [0.05, 0.1) is 11.6 Å². The molecule has 0 saturated carbocycles. The van der Waals surface area contributed by atoms with Gasteiger partial charge in [-0.25, -0.2) is 0 Å². The predicted molar refractivity (Wildman–Crippen MR) is 83.0 cm³/mol. The summed E-state index contributed by atoms with van der Waals surface area (Å²) in [5, 5.41) is 0. The van der Waals surface area contributed by atoms with Crippen LogP contribution in [0.1, 0.15) is 25.8 Å². The molecule has 0 aliphatic rings. The third-order valence-corrected chi connectivity index (χ3v) is 3.54. The first-order valence-corrected chi connectivity index (χ1v) is 7.22. The van der Waals surface area contributed by atoms with Gasteiger partial charge in [-0.3, -0.25) is 0 Å². The van der Waals surface area contributed by atoms with E-state index in [0.717, 1.165) is 22.9 Å². The summed E-state index contributed by atoms with van der Waals surface area (Å²) in [4.78, 5) is 0. The van der Waals surface area contributed by atoms with Crippen LogP contribution < -0.4 is 15.2 Å². The Bertz CT molecular complexity index is 434. The first-order valence-electron chi connectivity index (χ1n) is 6.43. The second kappa shape index (κ2) is 7.56. The Morgan fingerprint density at radius 2 is 2.16 bits per heavy atom. The molecular weight excluding hydrogens is 306 g/mol. The Hall–Kier alpha value is -1.00. The minimum absolute atomic E-state index is 0.0750. The summed E-state index contributed by atoms with van der Waals surface area (Å²) in [5.41, 5.74) is 7.12. The fraction of sp³-hybridized carbons (Fsp3) is 0.467. The van der Waals surface area contributed by atoms with E-state index < -0.39 is 0 Å². The summed E-state index contributed by atoms with van der Waals surface area (Å²) in [6, 6.07) is 4.17. The summed E-state index contributed by atoms with van der Waals surface area (Å²) in [7, 11) is 1.64. The van der Waals surface area contributed by atoms with E-state index in [9.17, 15) is 0 Å². The fourth-order valence-corrected chi connectivity index (χ4v) is 2.27. The molecule has 0 spiro atoms. The summed E-state index contributed by atoms with van der Waals surface area (Å²) in [5.74, 6) is 1.41. The Morgan fingerprint density at radius 3 is 2.68 bits per heavy atom. The van der Waals surface area contributed by atoms with Gasteiger partial charge < -0.3 is 15.2 Å². The van der Waals surface area contributed by atoms with Crippen LogP contribution in [-0.2, 0) is 6.42 Å². The van der Waals surface area contributed by atoms with Crippen LogP contribution in [0.3, 0.4) is 0 Å². The molecule has 0 aromatic heterocycles. The lowest BCUT2D eigenvalue weighted by Gasteiger charge is -2.18. The third-order valence-electron chi connectivity index (χ3n) is 2.95. The SMILES string of the molecule is C=CC(C)Oc1c(Br)cc(CC(N)CC)cc1OC. The predicted octanol–water partition coefficient (Wildman–Crippen LogP) is 3.69. The molecule has 0 amide bonds. The highest BCUT2D eigenvalue weighted by atomic mass is 79.9. The minimum atomic E-state index is -0.0750. The van der Waals surface area contributed by atoms with E-state index in [0.29, 0.717) is 11.5 Å². The average molecular weight is 328 g/mol. The van der Waals surface area contributed by atoms with Crippen LogP contribution in [0.4, 0.5) is 0 Å². The largest absolute Gasteiger partial charge is 0.493 e. The minimum Gasteiger partial charge on any atom is -0.493 e. The van der Waals surface area contributed by atoms with E-state index in [1.54, 1.807) is 13.2 Å². The second-order valence-corrected chi connectivity index (χ2v) is 5.39. The van der Waals surface area contributed by atoms with Crippen molar-refractivity contribution in [2.24, 2.45) is 5.73 Å². The molecule has 1 aromatic carbocycles. The molecule has 4 heteroatoms. The van der Waals surface area contributed by atoms with E-state index in [1.165, 1.54) is 0 Å². The highest BCUT2D eigenvalue weighted by molar-refractivity contribution is 9.10. The van der Waals surface area contributed by atoms with Gasteiger partial charge in [0.25, 0.3) is 0 Å². The van der Waals surface area contributed by atoms with Gasteiger partial charge in [0.15, 0.2) is 11.5 Å². The van der Waals surface area contributed by atoms with E-state index >= 15 is 0 Å². The highest BCUT2D eigenvalue weighted by Crippen LogP contribution is 2.37. The maximum Gasteiger partial charge on any atom is 0.176 e. The van der Waals surface area contributed by atoms with Crippen molar-refractivity contribution in [2.45, 2.75) is 38.8 Å². The van der Waals surface area contributed by atoms with E-state index in [2.05, 4.69) is 29.4 Å². The summed E-state index contributed by atoms with van der Waals surface area (Å²) >= 11 is 3.53. The number of rotatable bonds is 7. The molecule has 3 nitrogen and oxygen atoms in total. The molecule has 2 N–H and O–H groups in total. The number of nitrogens with two attached hydrogens (primary N) is 1. The molecular formula is C15H22BrNO2. The van der Waals surface area contributed by atoms with E-state index in [1.807, 2.05) is 19.1 Å². The first kappa shape index (κ1) is 16.1. The quantitative estimate of drug-likeness (QED) is 0.777. The van der Waals surface area contributed by atoms with Crippen molar-refractivity contribution in [1.82, 2.24) is 0 Å². The maximum absolute atomic E-state index is 5.99. The van der Waals surface area contributed by atoms with Gasteiger partial charge >= 0.3 is 0 Å². The normalized spacial score (nSPS) is 13.7. The zero-order valence-corrected chi connectivity index (χ0v) is 13.4. The van der Waals surface area contributed by atoms with Crippen LogP contribution >= 0.6 is 15.9 Å². The topological polar surface area (TPSA) is 44.5 Å². The molecule has 19 heavy (non-hydrogen) atoms. The standard InChI is InChI=1S/C15H22BrNO2/c1-5-10(3)19-15-13(16)8-11(7-12(17)6-2)9-14(15)18-4/h5,8-10,12H,1,6-7,17H2,2-4H3. The van der Waals surface area contributed by atoms with E-state index in [-0.39, 0.29) is 12.1 Å². The van der Waals surface area contributed by atoms with Gasteiger partial charge in [0.2, 0.25) is 0 Å². The fourth-order valence-electron chi connectivity index (χ4n) is 1.69. The van der Waals surface area contributed by atoms with Crippen molar-refractivity contribution in [3.8, 4) is 11.5 Å².